The Morgan fingerprint density at radius 1 is 1.27 bits per heavy atom. The highest BCUT2D eigenvalue weighted by Crippen LogP contribution is 2.18. The minimum absolute atomic E-state index is 0.257. The fraction of sp³-hybridized carbons (Fsp3) is 0.500. The van der Waals surface area contributed by atoms with Crippen LogP contribution in [0.5, 0.6) is 0 Å². The van der Waals surface area contributed by atoms with Crippen LogP contribution in [-0.4, -0.2) is 33.0 Å². The molecule has 124 valence electrons. The third-order valence-corrected chi connectivity index (χ3v) is 2.58. The number of aromatic amines is 1. The standard InChI is InChI=1S/C9H11BrN6.C3H8.C2H7N/c10-7-4-14-9(11)16-8(7)13-2-1-6-3-12-5-15-6;1-3-2;1-2-3/h3-5H,1-2H2,(H,12,15)(H3,11,13,14,16);3H2,1-2H3;2-3H2,1H3. The Morgan fingerprint density at radius 3 is 2.45 bits per heavy atom. The third kappa shape index (κ3) is 9.30. The minimum Gasteiger partial charge on any atom is -0.369 e. The molecule has 0 bridgehead atoms. The van der Waals surface area contributed by atoms with E-state index >= 15 is 0 Å². The third-order valence-electron chi connectivity index (χ3n) is 2.00. The van der Waals surface area contributed by atoms with Gasteiger partial charge < -0.3 is 21.8 Å². The first-order valence-electron chi connectivity index (χ1n) is 7.28. The number of nitrogens with zero attached hydrogens (tertiary/aromatic N) is 3. The van der Waals surface area contributed by atoms with Crippen LogP contribution in [0.2, 0.25) is 0 Å². The van der Waals surface area contributed by atoms with Crippen molar-refractivity contribution in [1.82, 2.24) is 19.9 Å². The molecule has 0 aliphatic heterocycles. The van der Waals surface area contributed by atoms with Gasteiger partial charge in [0.25, 0.3) is 0 Å². The predicted octanol–water partition coefficient (Wildman–Crippen LogP) is 2.58. The average molecular weight is 372 g/mol. The number of nitrogen functional groups attached to an aromatic ring is 1. The van der Waals surface area contributed by atoms with E-state index < -0.39 is 0 Å². The Kier molecular flexibility index (Phi) is 12.0. The number of hydrogen-bond donors (Lipinski definition) is 4. The zero-order chi connectivity index (χ0) is 16.8. The molecule has 0 aliphatic carbocycles. The monoisotopic (exact) mass is 371 g/mol. The van der Waals surface area contributed by atoms with Crippen molar-refractivity contribution in [3.8, 4) is 0 Å². The Labute approximate surface area is 140 Å². The molecule has 0 saturated heterocycles. The largest absolute Gasteiger partial charge is 0.369 e. The van der Waals surface area contributed by atoms with Gasteiger partial charge in [0.15, 0.2) is 0 Å². The lowest BCUT2D eigenvalue weighted by Crippen LogP contribution is -2.08. The first kappa shape index (κ1) is 20.3. The van der Waals surface area contributed by atoms with E-state index in [0.717, 1.165) is 29.7 Å². The van der Waals surface area contributed by atoms with Gasteiger partial charge in [-0.05, 0) is 22.5 Å². The summed E-state index contributed by atoms with van der Waals surface area (Å²) in [4.78, 5) is 14.9. The molecule has 0 aliphatic rings. The van der Waals surface area contributed by atoms with Crippen LogP contribution in [0, 0.1) is 0 Å². The van der Waals surface area contributed by atoms with Crippen molar-refractivity contribution in [2.75, 3.05) is 24.1 Å². The van der Waals surface area contributed by atoms with Gasteiger partial charge in [-0.2, -0.15) is 4.98 Å². The second-order valence-corrected chi connectivity index (χ2v) is 5.15. The van der Waals surface area contributed by atoms with Gasteiger partial charge in [-0.1, -0.05) is 27.2 Å². The fourth-order valence-electron chi connectivity index (χ4n) is 1.24. The minimum atomic E-state index is 0.257. The summed E-state index contributed by atoms with van der Waals surface area (Å²) in [5, 5.41) is 3.17. The summed E-state index contributed by atoms with van der Waals surface area (Å²) in [5.41, 5.74) is 11.4. The summed E-state index contributed by atoms with van der Waals surface area (Å²) in [6.07, 6.45) is 7.18. The van der Waals surface area contributed by atoms with Crippen LogP contribution >= 0.6 is 15.9 Å². The van der Waals surface area contributed by atoms with Gasteiger partial charge in [-0.3, -0.25) is 0 Å². The van der Waals surface area contributed by atoms with Crippen molar-refractivity contribution in [3.63, 3.8) is 0 Å². The summed E-state index contributed by atoms with van der Waals surface area (Å²) >= 11 is 3.35. The van der Waals surface area contributed by atoms with Gasteiger partial charge in [0.1, 0.15) is 5.82 Å². The topological polar surface area (TPSA) is 119 Å². The Hall–Kier alpha value is -1.67. The van der Waals surface area contributed by atoms with Crippen molar-refractivity contribution in [2.45, 2.75) is 33.6 Å². The number of rotatable bonds is 4. The molecule has 2 rings (SSSR count). The molecule has 2 heterocycles. The fourth-order valence-corrected chi connectivity index (χ4v) is 1.57. The lowest BCUT2D eigenvalue weighted by atomic mass is 10.3. The zero-order valence-corrected chi connectivity index (χ0v) is 15.0. The molecular formula is C14H26BrN7. The number of halogens is 1. The molecule has 0 amide bonds. The number of nitrogens with one attached hydrogen (secondary N) is 2. The van der Waals surface area contributed by atoms with Crippen molar-refractivity contribution >= 4 is 27.7 Å². The van der Waals surface area contributed by atoms with Crippen LogP contribution in [0.3, 0.4) is 0 Å². The number of aromatic nitrogens is 4. The molecule has 0 spiro atoms. The number of H-pyrrole nitrogens is 1. The quantitative estimate of drug-likeness (QED) is 0.655. The van der Waals surface area contributed by atoms with E-state index in [9.17, 15) is 0 Å². The predicted molar refractivity (Wildman–Crippen MR) is 95.6 cm³/mol. The summed E-state index contributed by atoms with van der Waals surface area (Å²) in [6.45, 7) is 7.65. The molecule has 8 heteroatoms. The number of imidazole rings is 1. The van der Waals surface area contributed by atoms with Gasteiger partial charge in [0.2, 0.25) is 5.95 Å². The molecule has 0 saturated carbocycles. The lowest BCUT2D eigenvalue weighted by molar-refractivity contribution is 0.963. The molecule has 2 aromatic heterocycles. The van der Waals surface area contributed by atoms with Crippen LogP contribution in [0.25, 0.3) is 0 Å². The number of anilines is 2. The molecule has 0 aromatic carbocycles. The molecule has 0 atom stereocenters. The Morgan fingerprint density at radius 2 is 1.91 bits per heavy atom. The summed E-state index contributed by atoms with van der Waals surface area (Å²) < 4.78 is 0.798. The van der Waals surface area contributed by atoms with E-state index in [4.69, 9.17) is 11.5 Å². The van der Waals surface area contributed by atoms with Gasteiger partial charge in [-0.25, -0.2) is 9.97 Å². The SMILES string of the molecule is CCC.CCN.Nc1ncc(Br)c(NCCc2cnc[nH]2)n1. The Balaban J connectivity index is 0.000000639. The molecule has 0 fully saturated rings. The second-order valence-electron chi connectivity index (χ2n) is 4.29. The molecule has 0 radical (unpaired) electrons. The van der Waals surface area contributed by atoms with E-state index in [2.05, 4.69) is 55.0 Å². The summed E-state index contributed by atoms with van der Waals surface area (Å²) in [6, 6.07) is 0. The van der Waals surface area contributed by atoms with Gasteiger partial charge >= 0.3 is 0 Å². The van der Waals surface area contributed by atoms with E-state index in [-0.39, 0.29) is 5.95 Å². The first-order valence-corrected chi connectivity index (χ1v) is 8.07. The molecule has 7 nitrogen and oxygen atoms in total. The molecular weight excluding hydrogens is 346 g/mol. The maximum atomic E-state index is 5.49. The Bertz CT molecular complexity index is 486. The van der Waals surface area contributed by atoms with Crippen molar-refractivity contribution in [3.05, 3.63) is 28.9 Å². The van der Waals surface area contributed by atoms with Crippen LogP contribution in [0.15, 0.2) is 23.2 Å². The number of nitrogens with two attached hydrogens (primary N) is 2. The van der Waals surface area contributed by atoms with Gasteiger partial charge in [-0.15, -0.1) is 0 Å². The van der Waals surface area contributed by atoms with Crippen LogP contribution in [0.1, 0.15) is 32.9 Å². The van der Waals surface area contributed by atoms with E-state index in [1.165, 1.54) is 6.42 Å². The summed E-state index contributed by atoms with van der Waals surface area (Å²) in [5.74, 6) is 0.958. The normalized spacial score (nSPS) is 9.14. The van der Waals surface area contributed by atoms with Gasteiger partial charge in [0, 0.05) is 31.1 Å². The summed E-state index contributed by atoms with van der Waals surface area (Å²) in [7, 11) is 0. The van der Waals surface area contributed by atoms with Crippen molar-refractivity contribution < 1.29 is 0 Å². The van der Waals surface area contributed by atoms with E-state index in [1.54, 1.807) is 18.7 Å². The van der Waals surface area contributed by atoms with Crippen molar-refractivity contribution in [2.24, 2.45) is 5.73 Å². The highest BCUT2D eigenvalue weighted by Gasteiger charge is 2.02. The van der Waals surface area contributed by atoms with Crippen LogP contribution in [-0.2, 0) is 6.42 Å². The van der Waals surface area contributed by atoms with Crippen LogP contribution in [0.4, 0.5) is 11.8 Å². The van der Waals surface area contributed by atoms with Crippen LogP contribution < -0.4 is 16.8 Å². The highest BCUT2D eigenvalue weighted by molar-refractivity contribution is 9.10. The molecule has 2 aromatic rings. The molecule has 6 N–H and O–H groups in total. The maximum absolute atomic E-state index is 5.49. The molecule has 0 unspecified atom stereocenters. The smallest absolute Gasteiger partial charge is 0.221 e. The average Bonchev–Trinajstić information content (AvgIpc) is 2.98. The molecule has 22 heavy (non-hydrogen) atoms. The van der Waals surface area contributed by atoms with Gasteiger partial charge in [0.05, 0.1) is 10.8 Å². The highest BCUT2D eigenvalue weighted by atomic mass is 79.9. The van der Waals surface area contributed by atoms with E-state index in [0.29, 0.717) is 5.82 Å². The van der Waals surface area contributed by atoms with E-state index in [1.807, 2.05) is 6.92 Å². The second kappa shape index (κ2) is 13.0. The lowest BCUT2D eigenvalue weighted by Gasteiger charge is -2.06. The van der Waals surface area contributed by atoms with Crippen molar-refractivity contribution in [1.29, 1.82) is 0 Å². The first-order chi connectivity index (χ1) is 10.6. The maximum Gasteiger partial charge on any atom is 0.221 e. The number of hydrogen-bond acceptors (Lipinski definition) is 6. The zero-order valence-electron chi connectivity index (χ0n) is 13.4.